The number of aromatic nitrogens is 1. The number of carbonyl (C=O) groups excluding carboxylic acids is 2. The fraction of sp³-hybridized carbons (Fsp3) is 0.0909. The number of rotatable bonds is 1. The SMILES string of the molecule is CC(=O)n1c(C=O)c(Br)c2ccccc21. The van der Waals surface area contributed by atoms with E-state index in [4.69, 9.17) is 0 Å². The number of hydrogen-bond donors (Lipinski definition) is 0. The number of carbonyl (C=O) groups is 2. The highest BCUT2D eigenvalue weighted by Gasteiger charge is 2.16. The number of para-hydroxylation sites is 1. The first kappa shape index (κ1) is 10.1. The van der Waals surface area contributed by atoms with Crippen LogP contribution in [0.15, 0.2) is 28.7 Å². The highest BCUT2D eigenvalue weighted by atomic mass is 79.9. The van der Waals surface area contributed by atoms with E-state index in [0.29, 0.717) is 16.5 Å². The maximum absolute atomic E-state index is 11.4. The van der Waals surface area contributed by atoms with Crippen molar-refractivity contribution in [3.63, 3.8) is 0 Å². The summed E-state index contributed by atoms with van der Waals surface area (Å²) in [5.74, 6) is -0.168. The van der Waals surface area contributed by atoms with Gasteiger partial charge < -0.3 is 0 Å². The van der Waals surface area contributed by atoms with E-state index >= 15 is 0 Å². The molecule has 0 unspecified atom stereocenters. The van der Waals surface area contributed by atoms with Crippen LogP contribution >= 0.6 is 15.9 Å². The molecule has 1 heterocycles. The standard InChI is InChI=1S/C11H8BrNO2/c1-7(15)13-9-5-3-2-4-8(9)11(12)10(13)6-14/h2-6H,1H3. The Bertz CT molecular complexity index is 557. The second-order valence-corrected chi connectivity index (χ2v) is 3.98. The molecule has 0 N–H and O–H groups in total. The average Bonchev–Trinajstić information content (AvgIpc) is 2.52. The van der Waals surface area contributed by atoms with Gasteiger partial charge in [0.25, 0.3) is 0 Å². The summed E-state index contributed by atoms with van der Waals surface area (Å²) < 4.78 is 2.08. The summed E-state index contributed by atoms with van der Waals surface area (Å²) in [6.07, 6.45) is 0.686. The molecule has 0 radical (unpaired) electrons. The number of benzene rings is 1. The highest BCUT2D eigenvalue weighted by molar-refractivity contribution is 9.10. The van der Waals surface area contributed by atoms with Crippen LogP contribution < -0.4 is 0 Å². The number of fused-ring (bicyclic) bond motifs is 1. The second kappa shape index (κ2) is 3.62. The molecule has 0 aliphatic carbocycles. The summed E-state index contributed by atoms with van der Waals surface area (Å²) in [4.78, 5) is 22.4. The Balaban J connectivity index is 2.97. The Labute approximate surface area is 94.8 Å². The fourth-order valence-corrected chi connectivity index (χ4v) is 2.27. The zero-order valence-corrected chi connectivity index (χ0v) is 9.61. The molecular formula is C11H8BrNO2. The van der Waals surface area contributed by atoms with Gasteiger partial charge in [0.05, 0.1) is 9.99 Å². The third-order valence-corrected chi connectivity index (χ3v) is 3.11. The largest absolute Gasteiger partial charge is 0.296 e. The smallest absolute Gasteiger partial charge is 0.228 e. The van der Waals surface area contributed by atoms with Crippen molar-refractivity contribution in [3.05, 3.63) is 34.4 Å². The molecule has 0 aliphatic rings. The van der Waals surface area contributed by atoms with Crippen LogP contribution in [0.2, 0.25) is 0 Å². The molecule has 0 bridgehead atoms. The Morgan fingerprint density at radius 3 is 2.67 bits per heavy atom. The first-order chi connectivity index (χ1) is 7.16. The van der Waals surface area contributed by atoms with Crippen LogP contribution in [0.5, 0.6) is 0 Å². The average molecular weight is 266 g/mol. The monoisotopic (exact) mass is 265 g/mol. The number of hydrogen-bond acceptors (Lipinski definition) is 2. The minimum Gasteiger partial charge on any atom is -0.296 e. The van der Waals surface area contributed by atoms with Crippen molar-refractivity contribution in [1.29, 1.82) is 0 Å². The van der Waals surface area contributed by atoms with Crippen LogP contribution in [0.1, 0.15) is 22.2 Å². The molecule has 0 amide bonds. The van der Waals surface area contributed by atoms with E-state index in [2.05, 4.69) is 15.9 Å². The molecule has 76 valence electrons. The third kappa shape index (κ3) is 1.41. The summed E-state index contributed by atoms with van der Waals surface area (Å²) in [6, 6.07) is 7.38. The van der Waals surface area contributed by atoms with Crippen molar-refractivity contribution < 1.29 is 9.59 Å². The van der Waals surface area contributed by atoms with Crippen molar-refractivity contribution in [2.75, 3.05) is 0 Å². The number of nitrogens with zero attached hydrogens (tertiary/aromatic N) is 1. The van der Waals surface area contributed by atoms with Gasteiger partial charge in [0.15, 0.2) is 6.29 Å². The molecule has 1 aromatic carbocycles. The summed E-state index contributed by atoms with van der Waals surface area (Å²) in [5.41, 5.74) is 1.11. The normalized spacial score (nSPS) is 10.5. The van der Waals surface area contributed by atoms with Crippen molar-refractivity contribution in [2.45, 2.75) is 6.92 Å². The van der Waals surface area contributed by atoms with E-state index in [1.165, 1.54) is 11.5 Å². The second-order valence-electron chi connectivity index (χ2n) is 3.19. The van der Waals surface area contributed by atoms with Gasteiger partial charge in [0.1, 0.15) is 5.69 Å². The van der Waals surface area contributed by atoms with Gasteiger partial charge in [-0.05, 0) is 22.0 Å². The molecule has 2 aromatic rings. The highest BCUT2D eigenvalue weighted by Crippen LogP contribution is 2.29. The Morgan fingerprint density at radius 1 is 1.40 bits per heavy atom. The van der Waals surface area contributed by atoms with Crippen LogP contribution in [0.4, 0.5) is 0 Å². The van der Waals surface area contributed by atoms with E-state index in [0.717, 1.165) is 10.9 Å². The van der Waals surface area contributed by atoms with E-state index in [9.17, 15) is 9.59 Å². The maximum Gasteiger partial charge on any atom is 0.228 e. The third-order valence-electron chi connectivity index (χ3n) is 2.27. The first-order valence-corrected chi connectivity index (χ1v) is 5.21. The molecule has 0 saturated heterocycles. The van der Waals surface area contributed by atoms with E-state index < -0.39 is 0 Å². The zero-order valence-electron chi connectivity index (χ0n) is 8.03. The summed E-state index contributed by atoms with van der Waals surface area (Å²) >= 11 is 3.33. The van der Waals surface area contributed by atoms with Crippen molar-refractivity contribution in [2.24, 2.45) is 0 Å². The lowest BCUT2D eigenvalue weighted by molar-refractivity contribution is 0.0929. The van der Waals surface area contributed by atoms with Crippen LogP contribution in [0.25, 0.3) is 10.9 Å². The van der Waals surface area contributed by atoms with Crippen LogP contribution in [0.3, 0.4) is 0 Å². The quantitative estimate of drug-likeness (QED) is 0.744. The molecule has 15 heavy (non-hydrogen) atoms. The Kier molecular flexibility index (Phi) is 2.44. The van der Waals surface area contributed by atoms with Gasteiger partial charge in [-0.3, -0.25) is 14.2 Å². The lowest BCUT2D eigenvalue weighted by Gasteiger charge is -2.00. The molecule has 0 aliphatic heterocycles. The molecule has 3 nitrogen and oxygen atoms in total. The van der Waals surface area contributed by atoms with Crippen molar-refractivity contribution >= 4 is 39.0 Å². The number of halogens is 1. The van der Waals surface area contributed by atoms with Gasteiger partial charge >= 0.3 is 0 Å². The minimum absolute atomic E-state index is 0.168. The summed E-state index contributed by atoms with van der Waals surface area (Å²) in [6.45, 7) is 1.44. The van der Waals surface area contributed by atoms with Gasteiger partial charge in [0.2, 0.25) is 5.91 Å². The summed E-state index contributed by atoms with van der Waals surface area (Å²) in [5, 5.41) is 0.870. The van der Waals surface area contributed by atoms with Crippen molar-refractivity contribution in [3.8, 4) is 0 Å². The van der Waals surface area contributed by atoms with E-state index in [-0.39, 0.29) is 5.91 Å². The maximum atomic E-state index is 11.4. The Hall–Kier alpha value is -1.42. The topological polar surface area (TPSA) is 39.1 Å². The Morgan fingerprint density at radius 2 is 2.07 bits per heavy atom. The van der Waals surface area contributed by atoms with Crippen LogP contribution in [-0.4, -0.2) is 16.8 Å². The van der Waals surface area contributed by atoms with Gasteiger partial charge in [-0.25, -0.2) is 0 Å². The molecule has 0 atom stereocenters. The minimum atomic E-state index is -0.168. The lowest BCUT2D eigenvalue weighted by Crippen LogP contribution is -2.08. The zero-order chi connectivity index (χ0) is 11.0. The molecule has 0 saturated carbocycles. The predicted molar refractivity (Wildman–Crippen MR) is 61.3 cm³/mol. The molecule has 1 aromatic heterocycles. The molecule has 2 rings (SSSR count). The van der Waals surface area contributed by atoms with Crippen LogP contribution in [-0.2, 0) is 0 Å². The van der Waals surface area contributed by atoms with E-state index in [1.54, 1.807) is 0 Å². The molecule has 4 heteroatoms. The molecule has 0 spiro atoms. The lowest BCUT2D eigenvalue weighted by atomic mass is 10.2. The number of aldehydes is 1. The van der Waals surface area contributed by atoms with Crippen LogP contribution in [0, 0.1) is 0 Å². The fourth-order valence-electron chi connectivity index (χ4n) is 1.66. The molecule has 0 fully saturated rings. The van der Waals surface area contributed by atoms with Gasteiger partial charge in [-0.15, -0.1) is 0 Å². The van der Waals surface area contributed by atoms with E-state index in [1.807, 2.05) is 24.3 Å². The van der Waals surface area contributed by atoms with Gasteiger partial charge in [-0.2, -0.15) is 0 Å². The van der Waals surface area contributed by atoms with Gasteiger partial charge in [-0.1, -0.05) is 18.2 Å². The van der Waals surface area contributed by atoms with Crippen molar-refractivity contribution in [1.82, 2.24) is 4.57 Å². The predicted octanol–water partition coefficient (Wildman–Crippen LogP) is 2.88. The first-order valence-electron chi connectivity index (χ1n) is 4.42. The van der Waals surface area contributed by atoms with Gasteiger partial charge in [0, 0.05) is 12.3 Å². The summed E-state index contributed by atoms with van der Waals surface area (Å²) in [7, 11) is 0. The molecular weight excluding hydrogens is 258 g/mol.